The monoisotopic (exact) mass is 156 g/mol. The van der Waals surface area contributed by atoms with E-state index in [1.54, 1.807) is 0 Å². The van der Waals surface area contributed by atoms with Gasteiger partial charge in [0.25, 0.3) is 0 Å². The van der Waals surface area contributed by atoms with E-state index in [1.807, 2.05) is 0 Å². The molecular formula is C6H8N2O3. The molecule has 60 valence electrons. The van der Waals surface area contributed by atoms with Crippen LogP contribution in [0.3, 0.4) is 0 Å². The van der Waals surface area contributed by atoms with Gasteiger partial charge in [-0.15, -0.1) is 0 Å². The smallest absolute Gasteiger partial charge is 0.315 e. The Kier molecular flexibility index (Phi) is 2.20. The van der Waals surface area contributed by atoms with E-state index < -0.39 is 6.03 Å². The minimum atomic E-state index is -0.406. The summed E-state index contributed by atoms with van der Waals surface area (Å²) < 4.78 is 0. The summed E-state index contributed by atoms with van der Waals surface area (Å²) in [5.74, 6) is -0.305. The Bertz CT molecular complexity index is 202. The van der Waals surface area contributed by atoms with Crippen LogP contribution in [0, 0.1) is 0 Å². The van der Waals surface area contributed by atoms with Crippen LogP contribution >= 0.6 is 0 Å². The number of imide groups is 1. The molecule has 0 unspecified atom stereocenters. The van der Waals surface area contributed by atoms with Crippen molar-refractivity contribution in [1.29, 1.82) is 0 Å². The molecule has 0 bridgehead atoms. The first-order chi connectivity index (χ1) is 5.24. The molecule has 5 nitrogen and oxygen atoms in total. The summed E-state index contributed by atoms with van der Waals surface area (Å²) in [5, 5.41) is 2.11. The highest BCUT2D eigenvalue weighted by Crippen LogP contribution is 1.97. The second-order valence-electron chi connectivity index (χ2n) is 2.23. The number of carbonyl (C=O) groups is 3. The van der Waals surface area contributed by atoms with Crippen LogP contribution in [0.5, 0.6) is 0 Å². The van der Waals surface area contributed by atoms with Crippen molar-refractivity contribution in [3.8, 4) is 0 Å². The Morgan fingerprint density at radius 1 is 1.55 bits per heavy atom. The maximum Gasteiger partial charge on any atom is 0.324 e. The van der Waals surface area contributed by atoms with Gasteiger partial charge < -0.3 is 9.69 Å². The Balaban J connectivity index is 2.40. The third-order valence-electron chi connectivity index (χ3n) is 1.38. The van der Waals surface area contributed by atoms with E-state index in [4.69, 9.17) is 0 Å². The number of nitrogens with zero attached hydrogens (tertiary/aromatic N) is 1. The molecule has 0 spiro atoms. The van der Waals surface area contributed by atoms with E-state index in [9.17, 15) is 14.4 Å². The van der Waals surface area contributed by atoms with E-state index in [1.165, 1.54) is 4.90 Å². The quantitative estimate of drug-likeness (QED) is 0.426. The summed E-state index contributed by atoms with van der Waals surface area (Å²) in [7, 11) is 0. The SMILES string of the molecule is O=CCCN1CC(=O)NC1=O. The molecule has 1 saturated heterocycles. The van der Waals surface area contributed by atoms with Crippen LogP contribution in [0.25, 0.3) is 0 Å². The summed E-state index contributed by atoms with van der Waals surface area (Å²) in [4.78, 5) is 32.5. The molecule has 1 N–H and O–H groups in total. The van der Waals surface area contributed by atoms with Crippen LogP contribution in [0.1, 0.15) is 6.42 Å². The second kappa shape index (κ2) is 3.14. The van der Waals surface area contributed by atoms with E-state index in [0.717, 1.165) is 6.29 Å². The van der Waals surface area contributed by atoms with Crippen molar-refractivity contribution in [1.82, 2.24) is 10.2 Å². The number of hydrogen-bond donors (Lipinski definition) is 1. The maximum absolute atomic E-state index is 10.8. The van der Waals surface area contributed by atoms with Crippen LogP contribution in [-0.4, -0.2) is 36.2 Å². The van der Waals surface area contributed by atoms with Crippen molar-refractivity contribution < 1.29 is 14.4 Å². The second-order valence-corrected chi connectivity index (χ2v) is 2.23. The van der Waals surface area contributed by atoms with Gasteiger partial charge in [0.1, 0.15) is 12.8 Å². The van der Waals surface area contributed by atoms with Crippen LogP contribution in [-0.2, 0) is 9.59 Å². The van der Waals surface area contributed by atoms with Gasteiger partial charge in [-0.2, -0.15) is 0 Å². The molecule has 0 aromatic heterocycles. The van der Waals surface area contributed by atoms with Crippen molar-refractivity contribution in [2.45, 2.75) is 6.42 Å². The molecule has 1 heterocycles. The van der Waals surface area contributed by atoms with Crippen molar-refractivity contribution in [3.05, 3.63) is 0 Å². The van der Waals surface area contributed by atoms with E-state index >= 15 is 0 Å². The Hall–Kier alpha value is -1.39. The third-order valence-corrected chi connectivity index (χ3v) is 1.38. The predicted octanol–water partition coefficient (Wildman–Crippen LogP) is -0.873. The minimum Gasteiger partial charge on any atom is -0.315 e. The van der Waals surface area contributed by atoms with Gasteiger partial charge in [0, 0.05) is 13.0 Å². The van der Waals surface area contributed by atoms with Gasteiger partial charge in [0.15, 0.2) is 0 Å². The van der Waals surface area contributed by atoms with Gasteiger partial charge >= 0.3 is 6.03 Å². The van der Waals surface area contributed by atoms with Crippen LogP contribution < -0.4 is 5.32 Å². The molecule has 5 heteroatoms. The summed E-state index contributed by atoms with van der Waals surface area (Å²) >= 11 is 0. The highest BCUT2D eigenvalue weighted by molar-refractivity contribution is 6.01. The zero-order valence-electron chi connectivity index (χ0n) is 5.87. The number of nitrogens with one attached hydrogen (secondary N) is 1. The average Bonchev–Trinajstić information content (AvgIpc) is 2.26. The van der Waals surface area contributed by atoms with Crippen molar-refractivity contribution in [2.24, 2.45) is 0 Å². The first-order valence-corrected chi connectivity index (χ1v) is 3.26. The lowest BCUT2D eigenvalue weighted by atomic mass is 10.4. The number of urea groups is 1. The molecule has 0 saturated carbocycles. The van der Waals surface area contributed by atoms with Gasteiger partial charge in [-0.1, -0.05) is 0 Å². The van der Waals surface area contributed by atoms with E-state index in [0.29, 0.717) is 6.54 Å². The van der Waals surface area contributed by atoms with Crippen LogP contribution in [0.4, 0.5) is 4.79 Å². The first-order valence-electron chi connectivity index (χ1n) is 3.26. The number of amides is 3. The van der Waals surface area contributed by atoms with Gasteiger partial charge in [-0.25, -0.2) is 4.79 Å². The summed E-state index contributed by atoms with van der Waals surface area (Å²) in [6.07, 6.45) is 0.997. The Labute approximate surface area is 63.4 Å². The molecule has 3 amide bonds. The molecule has 11 heavy (non-hydrogen) atoms. The Morgan fingerprint density at radius 3 is 2.73 bits per heavy atom. The van der Waals surface area contributed by atoms with E-state index in [2.05, 4.69) is 5.32 Å². The molecule has 1 aliphatic heterocycles. The molecule has 0 aromatic rings. The zero-order valence-corrected chi connectivity index (χ0v) is 5.87. The predicted molar refractivity (Wildman–Crippen MR) is 35.8 cm³/mol. The van der Waals surface area contributed by atoms with Crippen LogP contribution in [0.15, 0.2) is 0 Å². The van der Waals surface area contributed by atoms with Gasteiger partial charge in [-0.3, -0.25) is 10.1 Å². The highest BCUT2D eigenvalue weighted by Gasteiger charge is 2.25. The number of rotatable bonds is 3. The standard InChI is InChI=1S/C6H8N2O3/c9-3-1-2-8-4-5(10)7-6(8)11/h3H,1-2,4H2,(H,7,10,11). The summed E-state index contributed by atoms with van der Waals surface area (Å²) in [6, 6.07) is -0.406. The normalized spacial score (nSPS) is 16.9. The molecule has 1 rings (SSSR count). The molecule has 1 aliphatic rings. The largest absolute Gasteiger partial charge is 0.324 e. The first kappa shape index (κ1) is 7.71. The lowest BCUT2D eigenvalue weighted by Gasteiger charge is -2.09. The fourth-order valence-corrected chi connectivity index (χ4v) is 0.872. The maximum atomic E-state index is 10.8. The Morgan fingerprint density at radius 2 is 2.27 bits per heavy atom. The lowest BCUT2D eigenvalue weighted by Crippen LogP contribution is -2.29. The fourth-order valence-electron chi connectivity index (χ4n) is 0.872. The molecule has 0 aromatic carbocycles. The van der Waals surface area contributed by atoms with Gasteiger partial charge in [0.2, 0.25) is 5.91 Å². The highest BCUT2D eigenvalue weighted by atomic mass is 16.2. The van der Waals surface area contributed by atoms with Crippen molar-refractivity contribution in [2.75, 3.05) is 13.1 Å². The number of aldehydes is 1. The third kappa shape index (κ3) is 1.76. The minimum absolute atomic E-state index is 0.0761. The zero-order chi connectivity index (χ0) is 8.27. The van der Waals surface area contributed by atoms with Gasteiger partial charge in [-0.05, 0) is 0 Å². The summed E-state index contributed by atoms with van der Waals surface area (Å²) in [6.45, 7) is 0.397. The molecule has 0 atom stereocenters. The van der Waals surface area contributed by atoms with Crippen molar-refractivity contribution >= 4 is 18.2 Å². The number of carbonyl (C=O) groups excluding carboxylic acids is 3. The molecule has 0 aliphatic carbocycles. The van der Waals surface area contributed by atoms with Crippen LogP contribution in [0.2, 0.25) is 0 Å². The lowest BCUT2D eigenvalue weighted by molar-refractivity contribution is -0.118. The number of hydrogen-bond acceptors (Lipinski definition) is 3. The molecular weight excluding hydrogens is 148 g/mol. The average molecular weight is 156 g/mol. The molecule has 0 radical (unpaired) electrons. The topological polar surface area (TPSA) is 66.5 Å². The van der Waals surface area contributed by atoms with Crippen molar-refractivity contribution in [3.63, 3.8) is 0 Å². The molecule has 1 fully saturated rings. The fraction of sp³-hybridized carbons (Fsp3) is 0.500. The van der Waals surface area contributed by atoms with Gasteiger partial charge in [0.05, 0.1) is 0 Å². The van der Waals surface area contributed by atoms with E-state index in [-0.39, 0.29) is 18.9 Å². The summed E-state index contributed by atoms with van der Waals surface area (Å²) in [5.41, 5.74) is 0.